The van der Waals surface area contributed by atoms with E-state index in [2.05, 4.69) is 32.0 Å². The molecule has 256 valence electrons. The summed E-state index contributed by atoms with van der Waals surface area (Å²) in [4.78, 5) is 21.6. The number of hydrogen-bond acceptors (Lipinski definition) is 9. The Morgan fingerprint density at radius 3 is 2.27 bits per heavy atom. The molecule has 5 aromatic rings. The lowest BCUT2D eigenvalue weighted by molar-refractivity contribution is -0.189. The molecule has 12 nitrogen and oxygen atoms in total. The zero-order valence-electron chi connectivity index (χ0n) is 27.0. The number of halogens is 2. The zero-order chi connectivity index (χ0) is 34.0. The average Bonchev–Trinajstić information content (AvgIpc) is 3.84. The Morgan fingerprint density at radius 2 is 1.63 bits per heavy atom. The molecule has 0 bridgehead atoms. The molecule has 14 heteroatoms. The highest BCUT2D eigenvalue weighted by Gasteiger charge is 2.45. The van der Waals surface area contributed by atoms with E-state index in [-0.39, 0.29) is 24.9 Å². The Morgan fingerprint density at radius 1 is 0.959 bits per heavy atom. The summed E-state index contributed by atoms with van der Waals surface area (Å²) in [6.07, 6.45) is 4.96. The Balaban J connectivity index is 0.930. The fourth-order valence-corrected chi connectivity index (χ4v) is 6.96. The smallest absolute Gasteiger partial charge is 0.350 e. The molecular formula is C35H37Cl2N7O5. The molecule has 2 fully saturated rings. The first kappa shape index (κ1) is 33.2. The summed E-state index contributed by atoms with van der Waals surface area (Å²) < 4.78 is 23.7. The molecule has 0 saturated carbocycles. The molecule has 0 radical (unpaired) electrons. The monoisotopic (exact) mass is 705 g/mol. The van der Waals surface area contributed by atoms with E-state index in [0.29, 0.717) is 41.2 Å². The number of aromatic nitrogens is 5. The van der Waals surface area contributed by atoms with Crippen LogP contribution in [0.25, 0.3) is 5.69 Å². The highest BCUT2D eigenvalue weighted by molar-refractivity contribution is 6.35. The summed E-state index contributed by atoms with van der Waals surface area (Å²) in [6.45, 7) is 6.31. The number of aryl methyl sites for hydroxylation is 1. The quantitative estimate of drug-likeness (QED) is 0.212. The van der Waals surface area contributed by atoms with Crippen LogP contribution in [0, 0.1) is 6.92 Å². The van der Waals surface area contributed by atoms with Gasteiger partial charge in [-0.1, -0.05) is 29.3 Å². The van der Waals surface area contributed by atoms with Crippen molar-refractivity contribution in [1.29, 1.82) is 0 Å². The molecule has 2 saturated heterocycles. The van der Waals surface area contributed by atoms with E-state index in [4.69, 9.17) is 37.4 Å². The van der Waals surface area contributed by atoms with Crippen LogP contribution in [0.1, 0.15) is 11.4 Å². The largest absolute Gasteiger partial charge is 0.491 e. The van der Waals surface area contributed by atoms with E-state index in [0.717, 1.165) is 49.0 Å². The van der Waals surface area contributed by atoms with E-state index in [1.807, 2.05) is 53.2 Å². The number of rotatable bonds is 11. The van der Waals surface area contributed by atoms with E-state index in [1.165, 1.54) is 4.68 Å². The minimum absolute atomic E-state index is 0.136. The van der Waals surface area contributed by atoms with Crippen molar-refractivity contribution < 1.29 is 19.3 Å². The highest BCUT2D eigenvalue weighted by Crippen LogP contribution is 2.40. The molecule has 0 amide bonds. The molecule has 2 atom stereocenters. The second kappa shape index (κ2) is 14.3. The van der Waals surface area contributed by atoms with Crippen molar-refractivity contribution in [2.24, 2.45) is 0 Å². The number of aliphatic hydroxyl groups is 1. The summed E-state index contributed by atoms with van der Waals surface area (Å²) in [5, 5.41) is 14.5. The van der Waals surface area contributed by atoms with E-state index in [1.54, 1.807) is 36.1 Å². The van der Waals surface area contributed by atoms with Crippen LogP contribution in [0.15, 0.2) is 90.2 Å². The maximum absolute atomic E-state index is 12.7. The first-order valence-corrected chi connectivity index (χ1v) is 16.9. The number of anilines is 2. The third-order valence-corrected chi connectivity index (χ3v) is 9.40. The summed E-state index contributed by atoms with van der Waals surface area (Å²) >= 11 is 12.8. The van der Waals surface area contributed by atoms with Crippen LogP contribution in [0.4, 0.5) is 11.4 Å². The summed E-state index contributed by atoms with van der Waals surface area (Å²) in [7, 11) is 0. The molecule has 2 aliphatic heterocycles. The average molecular weight is 707 g/mol. The summed E-state index contributed by atoms with van der Waals surface area (Å²) in [5.41, 5.74) is 3.43. The van der Waals surface area contributed by atoms with Gasteiger partial charge in [0.2, 0.25) is 5.79 Å². The van der Waals surface area contributed by atoms with E-state index >= 15 is 0 Å². The van der Waals surface area contributed by atoms with Crippen molar-refractivity contribution in [3.05, 3.63) is 117 Å². The van der Waals surface area contributed by atoms with Crippen LogP contribution in [0.2, 0.25) is 10.0 Å². The number of hydrogen-bond donors (Lipinski definition) is 1. The number of ether oxygens (including phenoxy) is 3. The van der Waals surface area contributed by atoms with E-state index < -0.39 is 5.79 Å². The second-order valence-corrected chi connectivity index (χ2v) is 12.9. The molecule has 0 spiro atoms. The topological polar surface area (TPSA) is 112 Å². The van der Waals surface area contributed by atoms with Gasteiger partial charge < -0.3 is 33.7 Å². The van der Waals surface area contributed by atoms with Crippen LogP contribution < -0.4 is 20.2 Å². The SMILES string of the molecule is Cc1nn(CCO)c(=O)n1-c1ccc(N2CCN(c3ccc(OC[C@@H]4CO[C@@](Cn5ccnc5)(c5ccc(Cl)cc5Cl)O4)cc3)CC2)cc1. The van der Waals surface area contributed by atoms with Gasteiger partial charge in [0.15, 0.2) is 0 Å². The molecule has 2 aliphatic rings. The summed E-state index contributed by atoms with van der Waals surface area (Å²) in [6, 6.07) is 21.4. The maximum atomic E-state index is 12.7. The van der Waals surface area contributed by atoms with Crippen LogP contribution in [-0.2, 0) is 28.4 Å². The van der Waals surface area contributed by atoms with Gasteiger partial charge in [0.05, 0.1) is 43.3 Å². The third-order valence-electron chi connectivity index (χ3n) is 8.85. The molecule has 1 N–H and O–H groups in total. The predicted octanol–water partition coefficient (Wildman–Crippen LogP) is 4.51. The summed E-state index contributed by atoms with van der Waals surface area (Å²) in [5.74, 6) is 0.229. The van der Waals surface area contributed by atoms with Crippen LogP contribution in [0.5, 0.6) is 5.75 Å². The molecule has 49 heavy (non-hydrogen) atoms. The van der Waals surface area contributed by atoms with Gasteiger partial charge in [-0.05, 0) is 67.6 Å². The Labute approximate surface area is 293 Å². The Hall–Kier alpha value is -4.33. The van der Waals surface area contributed by atoms with Crippen molar-refractivity contribution in [3.8, 4) is 11.4 Å². The standard InChI is InChI=1S/C35H37Cl2N7O5/c1-25-39-43(18-19-45)34(46)44(25)29-5-3-27(4-6-29)41-14-16-42(17-15-41)28-7-9-30(10-8-28)47-21-31-22-48-35(49-31,23-40-13-12-38-24-40)32-11-2-26(36)20-33(32)37/h2-13,20,24,31,45H,14-19,21-23H2,1H3/t31-,35-/m1/s1. The highest BCUT2D eigenvalue weighted by atomic mass is 35.5. The van der Waals surface area contributed by atoms with Crippen LogP contribution in [0.3, 0.4) is 0 Å². The number of aliphatic hydroxyl groups excluding tert-OH is 1. The number of imidazole rings is 1. The minimum atomic E-state index is -1.10. The van der Waals surface area contributed by atoms with Crippen molar-refractivity contribution in [1.82, 2.24) is 23.9 Å². The van der Waals surface area contributed by atoms with Gasteiger partial charge in [0, 0.05) is 60.5 Å². The van der Waals surface area contributed by atoms with Crippen molar-refractivity contribution in [2.45, 2.75) is 31.9 Å². The fourth-order valence-electron chi connectivity index (χ4n) is 6.41. The molecule has 0 aliphatic carbocycles. The number of benzene rings is 3. The van der Waals surface area contributed by atoms with Crippen molar-refractivity contribution in [2.75, 3.05) is 55.8 Å². The van der Waals surface area contributed by atoms with Crippen molar-refractivity contribution in [3.63, 3.8) is 0 Å². The fraction of sp³-hybridized carbons (Fsp3) is 0.343. The normalized spacial score (nSPS) is 19.5. The lowest BCUT2D eigenvalue weighted by Gasteiger charge is -2.37. The lowest BCUT2D eigenvalue weighted by atomic mass is 10.1. The van der Waals surface area contributed by atoms with Gasteiger partial charge in [0.25, 0.3) is 0 Å². The van der Waals surface area contributed by atoms with Gasteiger partial charge in [0.1, 0.15) is 24.3 Å². The van der Waals surface area contributed by atoms with Gasteiger partial charge in [-0.25, -0.2) is 19.0 Å². The molecule has 7 rings (SSSR count). The molecule has 4 heterocycles. The van der Waals surface area contributed by atoms with Gasteiger partial charge in [-0.3, -0.25) is 0 Å². The van der Waals surface area contributed by atoms with Crippen LogP contribution in [-0.4, -0.2) is 81.1 Å². The molecule has 3 aromatic carbocycles. The van der Waals surface area contributed by atoms with E-state index in [9.17, 15) is 9.90 Å². The molecule has 2 aromatic heterocycles. The maximum Gasteiger partial charge on any atom is 0.350 e. The number of piperazine rings is 1. The Kier molecular flexibility index (Phi) is 9.66. The third kappa shape index (κ3) is 7.06. The van der Waals surface area contributed by atoms with Crippen molar-refractivity contribution >= 4 is 34.6 Å². The lowest BCUT2D eigenvalue weighted by Crippen LogP contribution is -2.46. The van der Waals surface area contributed by atoms with Crippen LogP contribution >= 0.6 is 23.2 Å². The van der Waals surface area contributed by atoms with Gasteiger partial charge >= 0.3 is 5.69 Å². The minimum Gasteiger partial charge on any atom is -0.491 e. The molecular weight excluding hydrogens is 669 g/mol. The number of nitrogens with zero attached hydrogens (tertiary/aromatic N) is 7. The first-order chi connectivity index (χ1) is 23.8. The second-order valence-electron chi connectivity index (χ2n) is 12.1. The molecule has 0 unspecified atom stereocenters. The zero-order valence-corrected chi connectivity index (χ0v) is 28.5. The van der Waals surface area contributed by atoms with Gasteiger partial charge in [-0.2, -0.15) is 5.10 Å². The predicted molar refractivity (Wildman–Crippen MR) is 187 cm³/mol. The first-order valence-electron chi connectivity index (χ1n) is 16.2. The Bertz CT molecular complexity index is 1920. The van der Waals surface area contributed by atoms with Gasteiger partial charge in [-0.15, -0.1) is 0 Å².